The maximum atomic E-state index is 13.1. The van der Waals surface area contributed by atoms with Crippen molar-refractivity contribution < 1.29 is 9.50 Å². The Labute approximate surface area is 193 Å². The van der Waals surface area contributed by atoms with Crippen LogP contribution in [0.5, 0.6) is 0 Å². The average molecular weight is 451 g/mol. The number of thiazole rings is 1. The number of halogens is 1. The summed E-state index contributed by atoms with van der Waals surface area (Å²) in [6.07, 6.45) is 11.8. The van der Waals surface area contributed by atoms with Gasteiger partial charge in [-0.25, -0.2) is 14.4 Å². The summed E-state index contributed by atoms with van der Waals surface area (Å²) in [4.78, 5) is 11.1. The molecule has 6 rings (SSSR count). The maximum Gasteiger partial charge on any atom is 0.209 e. The largest absolute Gasteiger partial charge is 0.393 e. The van der Waals surface area contributed by atoms with Crippen LogP contribution < -0.4 is 0 Å². The molecule has 2 aromatic rings. The zero-order chi connectivity index (χ0) is 22.1. The van der Waals surface area contributed by atoms with Crippen LogP contribution in [0.15, 0.2) is 40.9 Å². The zero-order valence-electron chi connectivity index (χ0n) is 18.9. The quantitative estimate of drug-likeness (QED) is 0.427. The van der Waals surface area contributed by atoms with Crippen LogP contribution in [-0.4, -0.2) is 22.4 Å². The first-order valence-electron chi connectivity index (χ1n) is 12.0. The molecule has 32 heavy (non-hydrogen) atoms. The number of hydrogen-bond acceptors (Lipinski definition) is 4. The maximum absolute atomic E-state index is 13.1. The predicted octanol–water partition coefficient (Wildman–Crippen LogP) is 6.37. The van der Waals surface area contributed by atoms with Crippen molar-refractivity contribution in [1.82, 2.24) is 4.98 Å². The Kier molecular flexibility index (Phi) is 4.75. The third kappa shape index (κ3) is 3.07. The van der Waals surface area contributed by atoms with Gasteiger partial charge in [0.15, 0.2) is 0 Å². The lowest BCUT2D eigenvalue weighted by Gasteiger charge is -2.57. The molecule has 1 heterocycles. The van der Waals surface area contributed by atoms with E-state index in [2.05, 4.69) is 24.9 Å². The summed E-state index contributed by atoms with van der Waals surface area (Å²) >= 11 is 1.74. The second-order valence-electron chi connectivity index (χ2n) is 10.9. The van der Waals surface area contributed by atoms with E-state index in [-0.39, 0.29) is 22.8 Å². The second-order valence-corrected chi connectivity index (χ2v) is 12.0. The zero-order valence-corrected chi connectivity index (χ0v) is 19.7. The van der Waals surface area contributed by atoms with E-state index in [1.54, 1.807) is 29.7 Å². The molecule has 0 radical (unpaired) electrons. The van der Waals surface area contributed by atoms with Gasteiger partial charge in [-0.3, -0.25) is 0 Å². The van der Waals surface area contributed by atoms with Crippen molar-refractivity contribution in [2.75, 3.05) is 0 Å². The lowest BCUT2D eigenvalue weighted by atomic mass is 9.48. The topological polar surface area (TPSA) is 45.5 Å². The molecular weight excluding hydrogens is 419 g/mol. The molecule has 3 unspecified atom stereocenters. The highest BCUT2D eigenvalue weighted by molar-refractivity contribution is 7.15. The standard InChI is InChI=1S/C27H31FN2OS/c1-26-11-9-19(31)13-17(26)5-8-20-21(26)10-12-27(2)22(20)14-23-24(27)30-25(32-23)29-15-16-3-6-18(28)7-4-16/h3-7,15,19-22,31H,8-14H2,1-2H3/b29-15+/t19-,20?,21?,22?,26-,27-/m0/s1. The van der Waals surface area contributed by atoms with E-state index in [4.69, 9.17) is 4.98 Å². The predicted molar refractivity (Wildman–Crippen MR) is 127 cm³/mol. The van der Waals surface area contributed by atoms with Gasteiger partial charge in [-0.2, -0.15) is 0 Å². The summed E-state index contributed by atoms with van der Waals surface area (Å²) in [5.41, 5.74) is 4.13. The van der Waals surface area contributed by atoms with Gasteiger partial charge in [-0.1, -0.05) is 49.0 Å². The molecule has 168 valence electrons. The number of aliphatic imine (C=N–C) groups is 1. The third-order valence-electron chi connectivity index (χ3n) is 9.29. The van der Waals surface area contributed by atoms with Gasteiger partial charge in [-0.15, -0.1) is 0 Å². The molecule has 0 aliphatic heterocycles. The van der Waals surface area contributed by atoms with Crippen LogP contribution in [0.1, 0.15) is 68.5 Å². The van der Waals surface area contributed by atoms with Crippen molar-refractivity contribution in [1.29, 1.82) is 0 Å². The normalized spacial score (nSPS) is 38.1. The lowest BCUT2D eigenvalue weighted by Crippen LogP contribution is -2.51. The smallest absolute Gasteiger partial charge is 0.209 e. The first-order chi connectivity index (χ1) is 15.4. The Morgan fingerprint density at radius 1 is 1.09 bits per heavy atom. The fraction of sp³-hybridized carbons (Fsp3) is 0.556. The summed E-state index contributed by atoms with van der Waals surface area (Å²) in [5, 5.41) is 11.0. The van der Waals surface area contributed by atoms with Crippen molar-refractivity contribution in [2.24, 2.45) is 28.2 Å². The number of aliphatic hydroxyl groups excluding tert-OH is 1. The fourth-order valence-electron chi connectivity index (χ4n) is 7.49. The van der Waals surface area contributed by atoms with Crippen molar-refractivity contribution in [3.05, 3.63) is 57.9 Å². The van der Waals surface area contributed by atoms with E-state index < -0.39 is 0 Å². The van der Waals surface area contributed by atoms with E-state index in [1.165, 1.54) is 41.1 Å². The number of rotatable bonds is 2. The number of nitrogens with zero attached hydrogens (tertiary/aromatic N) is 2. The number of aliphatic hydroxyl groups is 1. The first-order valence-corrected chi connectivity index (χ1v) is 12.9. The van der Waals surface area contributed by atoms with Gasteiger partial charge < -0.3 is 5.11 Å². The van der Waals surface area contributed by atoms with E-state index >= 15 is 0 Å². The minimum absolute atomic E-state index is 0.142. The molecular formula is C27H31FN2OS. The Balaban J connectivity index is 1.26. The van der Waals surface area contributed by atoms with Crippen LogP contribution in [0.25, 0.3) is 0 Å². The fourth-order valence-corrected chi connectivity index (χ4v) is 8.59. The summed E-state index contributed by atoms with van der Waals surface area (Å²) < 4.78 is 13.1. The molecule has 1 aromatic carbocycles. The van der Waals surface area contributed by atoms with Gasteiger partial charge in [0.2, 0.25) is 5.13 Å². The summed E-state index contributed by atoms with van der Waals surface area (Å²) in [6.45, 7) is 4.93. The van der Waals surface area contributed by atoms with E-state index in [0.29, 0.717) is 11.8 Å². The summed E-state index contributed by atoms with van der Waals surface area (Å²) in [7, 11) is 0. The minimum atomic E-state index is -0.229. The number of allylic oxidation sites excluding steroid dienone is 1. The van der Waals surface area contributed by atoms with Gasteiger partial charge in [0.1, 0.15) is 5.82 Å². The molecule has 0 spiro atoms. The van der Waals surface area contributed by atoms with Crippen LogP contribution in [0.3, 0.4) is 0 Å². The van der Waals surface area contributed by atoms with Crippen LogP contribution >= 0.6 is 11.3 Å². The Morgan fingerprint density at radius 3 is 2.69 bits per heavy atom. The lowest BCUT2D eigenvalue weighted by molar-refractivity contribution is -0.0169. The SMILES string of the molecule is C[C@]12CC[C@H](O)CC1=CCC1C2CC[C@]2(C)c3nc(/N=C/c4ccc(F)cc4)sc3CC12. The molecule has 6 atom stereocenters. The minimum Gasteiger partial charge on any atom is -0.393 e. The molecule has 5 heteroatoms. The molecule has 4 aliphatic carbocycles. The molecule has 0 bridgehead atoms. The number of benzene rings is 1. The highest BCUT2D eigenvalue weighted by Crippen LogP contribution is 2.64. The van der Waals surface area contributed by atoms with Crippen LogP contribution in [-0.2, 0) is 11.8 Å². The molecule has 2 saturated carbocycles. The highest BCUT2D eigenvalue weighted by atomic mass is 32.1. The van der Waals surface area contributed by atoms with Gasteiger partial charge in [0.25, 0.3) is 0 Å². The highest BCUT2D eigenvalue weighted by Gasteiger charge is 2.58. The van der Waals surface area contributed by atoms with E-state index in [9.17, 15) is 9.50 Å². The third-order valence-corrected chi connectivity index (χ3v) is 10.3. The van der Waals surface area contributed by atoms with Crippen LogP contribution in [0.4, 0.5) is 9.52 Å². The van der Waals surface area contributed by atoms with E-state index in [1.807, 2.05) is 0 Å². The van der Waals surface area contributed by atoms with E-state index in [0.717, 1.165) is 48.7 Å². The Hall–Kier alpha value is -1.85. The van der Waals surface area contributed by atoms with Gasteiger partial charge in [-0.05, 0) is 85.8 Å². The molecule has 0 amide bonds. The van der Waals surface area contributed by atoms with Gasteiger partial charge >= 0.3 is 0 Å². The van der Waals surface area contributed by atoms with Crippen molar-refractivity contribution in [3.8, 4) is 0 Å². The van der Waals surface area contributed by atoms with Crippen LogP contribution in [0.2, 0.25) is 0 Å². The van der Waals surface area contributed by atoms with Crippen LogP contribution in [0, 0.1) is 29.0 Å². The second kappa shape index (κ2) is 7.33. The molecule has 1 aromatic heterocycles. The number of hydrogen-bond donors (Lipinski definition) is 1. The van der Waals surface area contributed by atoms with Crippen molar-refractivity contribution in [2.45, 2.75) is 70.3 Å². The average Bonchev–Trinajstić information content (AvgIpc) is 3.30. The first kappa shape index (κ1) is 20.7. The Morgan fingerprint density at radius 2 is 1.88 bits per heavy atom. The van der Waals surface area contributed by atoms with Gasteiger partial charge in [0.05, 0.1) is 11.8 Å². The molecule has 2 fully saturated rings. The number of aromatic nitrogens is 1. The molecule has 4 aliphatic rings. The summed E-state index contributed by atoms with van der Waals surface area (Å²) in [5.74, 6) is 1.88. The molecule has 0 saturated heterocycles. The molecule has 3 nitrogen and oxygen atoms in total. The molecule has 1 N–H and O–H groups in total. The Bertz CT molecular complexity index is 1110. The number of fused-ring (bicyclic) bond motifs is 7. The monoisotopic (exact) mass is 450 g/mol. The van der Waals surface area contributed by atoms with Crippen molar-refractivity contribution in [3.63, 3.8) is 0 Å². The van der Waals surface area contributed by atoms with Gasteiger partial charge in [0, 0.05) is 16.5 Å². The van der Waals surface area contributed by atoms with Crippen molar-refractivity contribution >= 4 is 22.7 Å². The summed E-state index contributed by atoms with van der Waals surface area (Å²) in [6, 6.07) is 6.42.